The predicted molar refractivity (Wildman–Crippen MR) is 72.3 cm³/mol. The lowest BCUT2D eigenvalue weighted by molar-refractivity contribution is 0.411. The first kappa shape index (κ1) is 11.4. The number of halogens is 1. The summed E-state index contributed by atoms with van der Waals surface area (Å²) in [6.07, 6.45) is 6.69. The van der Waals surface area contributed by atoms with E-state index in [2.05, 4.69) is 9.55 Å². The molecule has 0 saturated heterocycles. The van der Waals surface area contributed by atoms with Crippen molar-refractivity contribution in [2.24, 2.45) is 5.73 Å². The Morgan fingerprint density at radius 1 is 1.26 bits per heavy atom. The van der Waals surface area contributed by atoms with Crippen molar-refractivity contribution in [1.29, 1.82) is 0 Å². The zero-order valence-electron chi connectivity index (χ0n) is 10.9. The maximum absolute atomic E-state index is 13.4. The van der Waals surface area contributed by atoms with Crippen molar-refractivity contribution < 1.29 is 4.39 Å². The van der Waals surface area contributed by atoms with Crippen LogP contribution >= 0.6 is 0 Å². The van der Waals surface area contributed by atoms with Crippen LogP contribution in [0.3, 0.4) is 0 Å². The Kier molecular flexibility index (Phi) is 2.28. The molecule has 2 aromatic rings. The summed E-state index contributed by atoms with van der Waals surface area (Å²) in [5.41, 5.74) is 8.05. The summed E-state index contributed by atoms with van der Waals surface area (Å²) >= 11 is 0. The van der Waals surface area contributed by atoms with Crippen molar-refractivity contribution in [1.82, 2.24) is 9.55 Å². The van der Waals surface area contributed by atoms with Gasteiger partial charge in [-0.25, -0.2) is 9.37 Å². The molecule has 4 rings (SSSR count). The van der Waals surface area contributed by atoms with Gasteiger partial charge in [0.2, 0.25) is 0 Å². The first-order valence-electron chi connectivity index (χ1n) is 7.14. The molecule has 2 aliphatic rings. The van der Waals surface area contributed by atoms with E-state index in [4.69, 9.17) is 5.73 Å². The third-order valence-corrected chi connectivity index (χ3v) is 4.50. The highest BCUT2D eigenvalue weighted by Gasteiger charge is 2.39. The van der Waals surface area contributed by atoms with Crippen molar-refractivity contribution in [2.45, 2.75) is 50.1 Å². The molecule has 0 spiro atoms. The number of nitrogens with two attached hydrogens (primary N) is 1. The largest absolute Gasteiger partial charge is 0.323 e. The molecule has 2 saturated carbocycles. The molecular formula is C15H18FN3. The number of fused-ring (bicyclic) bond motifs is 1. The molecule has 0 aliphatic heterocycles. The number of nitrogens with zero attached hydrogens (tertiary/aromatic N) is 2. The lowest BCUT2D eigenvalue weighted by Crippen LogP contribution is -2.36. The van der Waals surface area contributed by atoms with E-state index in [9.17, 15) is 4.39 Å². The Morgan fingerprint density at radius 3 is 2.68 bits per heavy atom. The van der Waals surface area contributed by atoms with Crippen LogP contribution in [0.15, 0.2) is 18.2 Å². The van der Waals surface area contributed by atoms with Crippen LogP contribution in [0.4, 0.5) is 4.39 Å². The normalized spacial score (nSPS) is 22.2. The van der Waals surface area contributed by atoms with Crippen LogP contribution in [0.2, 0.25) is 0 Å². The van der Waals surface area contributed by atoms with Crippen LogP contribution in [0.5, 0.6) is 0 Å². The van der Waals surface area contributed by atoms with E-state index in [-0.39, 0.29) is 11.4 Å². The van der Waals surface area contributed by atoms with Crippen molar-refractivity contribution in [3.8, 4) is 0 Å². The first-order valence-corrected chi connectivity index (χ1v) is 7.14. The molecule has 0 atom stereocenters. The third kappa shape index (κ3) is 1.70. The summed E-state index contributed by atoms with van der Waals surface area (Å²) in [6, 6.07) is 5.41. The van der Waals surface area contributed by atoms with Gasteiger partial charge >= 0.3 is 0 Å². The molecule has 4 heteroatoms. The lowest BCUT2D eigenvalue weighted by Gasteiger charge is -2.24. The minimum Gasteiger partial charge on any atom is -0.323 e. The van der Waals surface area contributed by atoms with Gasteiger partial charge in [-0.1, -0.05) is 12.8 Å². The monoisotopic (exact) mass is 259 g/mol. The summed E-state index contributed by atoms with van der Waals surface area (Å²) in [4.78, 5) is 4.69. The standard InChI is InChI=1S/C15H18FN3/c16-10-3-6-13-12(9-10)18-14(19(13)11-4-5-11)15(17)7-1-2-8-15/h3,6,9,11H,1-2,4-5,7-8,17H2. The Morgan fingerprint density at radius 2 is 2.00 bits per heavy atom. The summed E-state index contributed by atoms with van der Waals surface area (Å²) in [5, 5.41) is 0. The summed E-state index contributed by atoms with van der Waals surface area (Å²) in [7, 11) is 0. The topological polar surface area (TPSA) is 43.8 Å². The van der Waals surface area contributed by atoms with Crippen molar-refractivity contribution in [3.63, 3.8) is 0 Å². The number of rotatable bonds is 2. The molecule has 3 nitrogen and oxygen atoms in total. The van der Waals surface area contributed by atoms with Gasteiger partial charge in [0, 0.05) is 12.1 Å². The van der Waals surface area contributed by atoms with Crippen LogP contribution in [-0.4, -0.2) is 9.55 Å². The smallest absolute Gasteiger partial charge is 0.130 e. The van der Waals surface area contributed by atoms with E-state index in [0.29, 0.717) is 6.04 Å². The molecule has 2 aliphatic carbocycles. The van der Waals surface area contributed by atoms with Gasteiger partial charge in [0.15, 0.2) is 0 Å². The quantitative estimate of drug-likeness (QED) is 0.899. The van der Waals surface area contributed by atoms with Crippen molar-refractivity contribution in [3.05, 3.63) is 29.8 Å². The third-order valence-electron chi connectivity index (χ3n) is 4.50. The molecule has 100 valence electrons. The Labute approximate surface area is 111 Å². The zero-order valence-corrected chi connectivity index (χ0v) is 10.9. The Balaban J connectivity index is 1.96. The van der Waals surface area contributed by atoms with Crippen molar-refractivity contribution in [2.75, 3.05) is 0 Å². The fourth-order valence-corrected chi connectivity index (χ4v) is 3.35. The minimum atomic E-state index is -0.307. The average molecular weight is 259 g/mol. The molecule has 0 unspecified atom stereocenters. The van der Waals surface area contributed by atoms with Crippen LogP contribution in [0, 0.1) is 5.82 Å². The van der Waals surface area contributed by atoms with Gasteiger partial charge in [0.1, 0.15) is 11.6 Å². The van der Waals surface area contributed by atoms with Crippen molar-refractivity contribution >= 4 is 11.0 Å². The SMILES string of the molecule is NC1(c2nc3cc(F)ccc3n2C2CC2)CCCC1. The molecule has 2 fully saturated rings. The molecule has 1 aromatic heterocycles. The van der Waals surface area contributed by atoms with E-state index in [1.54, 1.807) is 0 Å². The molecule has 0 bridgehead atoms. The molecule has 0 radical (unpaired) electrons. The van der Waals surface area contributed by atoms with Gasteiger partial charge in [-0.3, -0.25) is 0 Å². The van der Waals surface area contributed by atoms with Gasteiger partial charge in [-0.05, 0) is 37.8 Å². The molecule has 1 heterocycles. The second-order valence-corrected chi connectivity index (χ2v) is 6.03. The predicted octanol–water partition coefficient (Wildman–Crippen LogP) is 3.24. The van der Waals surface area contributed by atoms with Gasteiger partial charge in [-0.2, -0.15) is 0 Å². The second kappa shape index (κ2) is 3.79. The van der Waals surface area contributed by atoms with Gasteiger partial charge in [0.25, 0.3) is 0 Å². The number of benzene rings is 1. The summed E-state index contributed by atoms with van der Waals surface area (Å²) < 4.78 is 15.7. The van der Waals surface area contributed by atoms with Crippen LogP contribution in [0.25, 0.3) is 11.0 Å². The van der Waals surface area contributed by atoms with E-state index < -0.39 is 0 Å². The Bertz CT molecular complexity index is 636. The number of aromatic nitrogens is 2. The first-order chi connectivity index (χ1) is 9.17. The molecular weight excluding hydrogens is 241 g/mol. The maximum Gasteiger partial charge on any atom is 0.130 e. The highest BCUT2D eigenvalue weighted by Crippen LogP contribution is 2.44. The number of hydrogen-bond acceptors (Lipinski definition) is 2. The molecule has 19 heavy (non-hydrogen) atoms. The summed E-state index contributed by atoms with van der Waals surface area (Å²) in [6.45, 7) is 0. The van der Waals surface area contributed by atoms with Gasteiger partial charge in [0.05, 0.1) is 16.6 Å². The molecule has 1 aromatic carbocycles. The fraction of sp³-hybridized carbons (Fsp3) is 0.533. The van der Waals surface area contributed by atoms with Gasteiger partial charge < -0.3 is 10.3 Å². The zero-order chi connectivity index (χ0) is 13.0. The van der Waals surface area contributed by atoms with Crippen LogP contribution in [-0.2, 0) is 5.54 Å². The van der Waals surface area contributed by atoms with E-state index in [1.807, 2.05) is 6.07 Å². The highest BCUT2D eigenvalue weighted by molar-refractivity contribution is 5.76. The van der Waals surface area contributed by atoms with Crippen LogP contribution < -0.4 is 5.73 Å². The van der Waals surface area contributed by atoms with E-state index in [0.717, 1.165) is 29.7 Å². The second-order valence-electron chi connectivity index (χ2n) is 6.03. The Hall–Kier alpha value is -1.42. The summed E-state index contributed by atoms with van der Waals surface area (Å²) in [5.74, 6) is 0.755. The van der Waals surface area contributed by atoms with Gasteiger partial charge in [-0.15, -0.1) is 0 Å². The van der Waals surface area contributed by atoms with Crippen LogP contribution in [0.1, 0.15) is 50.4 Å². The lowest BCUT2D eigenvalue weighted by atomic mass is 9.98. The minimum absolute atomic E-state index is 0.225. The van der Waals surface area contributed by atoms with E-state index >= 15 is 0 Å². The fourth-order valence-electron chi connectivity index (χ4n) is 3.35. The number of imidazole rings is 1. The number of hydrogen-bond donors (Lipinski definition) is 1. The average Bonchev–Trinajstić information content (AvgIpc) is 3.01. The maximum atomic E-state index is 13.4. The molecule has 2 N–H and O–H groups in total. The highest BCUT2D eigenvalue weighted by atomic mass is 19.1. The van der Waals surface area contributed by atoms with E-state index in [1.165, 1.54) is 37.8 Å². The molecule has 0 amide bonds.